The van der Waals surface area contributed by atoms with Crippen LogP contribution in [0, 0.1) is 5.92 Å². The standard InChI is InChI=1S/C16H24ClN/c1-13(15-9-5-6-10-16(15)17)18-12-11-14-7-3-2-4-8-14/h5-6,9-10,13-14,18H,2-4,7-8,11-12H2,1H3. The summed E-state index contributed by atoms with van der Waals surface area (Å²) in [6.07, 6.45) is 8.49. The van der Waals surface area contributed by atoms with Gasteiger partial charge in [0, 0.05) is 11.1 Å². The summed E-state index contributed by atoms with van der Waals surface area (Å²) in [6.45, 7) is 3.30. The topological polar surface area (TPSA) is 12.0 Å². The maximum atomic E-state index is 6.21. The highest BCUT2D eigenvalue weighted by Gasteiger charge is 2.14. The van der Waals surface area contributed by atoms with Crippen LogP contribution in [0.2, 0.25) is 5.02 Å². The maximum absolute atomic E-state index is 6.21. The molecule has 1 atom stereocenters. The van der Waals surface area contributed by atoms with Gasteiger partial charge in [0.25, 0.3) is 0 Å². The van der Waals surface area contributed by atoms with Crippen molar-refractivity contribution in [3.05, 3.63) is 34.9 Å². The van der Waals surface area contributed by atoms with Crippen LogP contribution in [0.1, 0.15) is 57.1 Å². The first kappa shape index (κ1) is 13.9. The van der Waals surface area contributed by atoms with Crippen LogP contribution < -0.4 is 5.32 Å². The minimum Gasteiger partial charge on any atom is -0.310 e. The van der Waals surface area contributed by atoms with E-state index in [9.17, 15) is 0 Å². The number of halogens is 1. The fraction of sp³-hybridized carbons (Fsp3) is 0.625. The van der Waals surface area contributed by atoms with Crippen molar-refractivity contribution in [2.75, 3.05) is 6.54 Å². The molecular weight excluding hydrogens is 242 g/mol. The van der Waals surface area contributed by atoms with E-state index < -0.39 is 0 Å². The Kier molecular flexibility index (Phi) is 5.52. The third kappa shape index (κ3) is 4.00. The second-order valence-electron chi connectivity index (χ2n) is 5.49. The van der Waals surface area contributed by atoms with Crippen LogP contribution in [-0.4, -0.2) is 6.54 Å². The van der Waals surface area contributed by atoms with Crippen molar-refractivity contribution in [3.63, 3.8) is 0 Å². The Morgan fingerprint density at radius 3 is 2.67 bits per heavy atom. The van der Waals surface area contributed by atoms with Crippen molar-refractivity contribution >= 4 is 11.6 Å². The van der Waals surface area contributed by atoms with E-state index in [1.807, 2.05) is 12.1 Å². The van der Waals surface area contributed by atoms with Crippen LogP contribution in [0.3, 0.4) is 0 Å². The van der Waals surface area contributed by atoms with Gasteiger partial charge in [-0.15, -0.1) is 0 Å². The molecule has 1 fully saturated rings. The van der Waals surface area contributed by atoms with Crippen LogP contribution in [0.5, 0.6) is 0 Å². The molecule has 1 saturated carbocycles. The highest BCUT2D eigenvalue weighted by molar-refractivity contribution is 6.31. The average Bonchev–Trinajstić information content (AvgIpc) is 2.40. The van der Waals surface area contributed by atoms with Crippen molar-refractivity contribution in [3.8, 4) is 0 Å². The quantitative estimate of drug-likeness (QED) is 0.793. The molecule has 2 heteroatoms. The molecule has 1 aromatic carbocycles. The van der Waals surface area contributed by atoms with Crippen molar-refractivity contribution in [2.45, 2.75) is 51.5 Å². The molecule has 0 bridgehead atoms. The monoisotopic (exact) mass is 265 g/mol. The van der Waals surface area contributed by atoms with Crippen molar-refractivity contribution in [1.29, 1.82) is 0 Å². The number of benzene rings is 1. The SMILES string of the molecule is CC(NCCC1CCCCC1)c1ccccc1Cl. The molecule has 0 amide bonds. The van der Waals surface area contributed by atoms with Crippen LogP contribution >= 0.6 is 11.6 Å². The summed E-state index contributed by atoms with van der Waals surface area (Å²) >= 11 is 6.21. The van der Waals surface area contributed by atoms with Gasteiger partial charge < -0.3 is 5.32 Å². The van der Waals surface area contributed by atoms with Gasteiger partial charge in [-0.05, 0) is 37.4 Å². The molecule has 1 aromatic rings. The number of nitrogens with one attached hydrogen (secondary N) is 1. The van der Waals surface area contributed by atoms with Crippen LogP contribution in [0.15, 0.2) is 24.3 Å². The Hall–Kier alpha value is -0.530. The maximum Gasteiger partial charge on any atom is 0.0453 e. The third-order valence-electron chi connectivity index (χ3n) is 4.10. The second-order valence-corrected chi connectivity index (χ2v) is 5.90. The molecule has 100 valence electrons. The number of hydrogen-bond acceptors (Lipinski definition) is 1. The first-order chi connectivity index (χ1) is 8.77. The predicted octanol–water partition coefficient (Wildman–Crippen LogP) is 4.96. The average molecular weight is 266 g/mol. The summed E-state index contributed by atoms with van der Waals surface area (Å²) in [5.41, 5.74) is 1.21. The van der Waals surface area contributed by atoms with Crippen LogP contribution in [-0.2, 0) is 0 Å². The molecule has 0 radical (unpaired) electrons. The van der Waals surface area contributed by atoms with Crippen molar-refractivity contribution in [1.82, 2.24) is 5.32 Å². The second kappa shape index (κ2) is 7.16. The van der Waals surface area contributed by atoms with Crippen LogP contribution in [0.25, 0.3) is 0 Å². The zero-order valence-electron chi connectivity index (χ0n) is 11.3. The third-order valence-corrected chi connectivity index (χ3v) is 4.44. The molecule has 18 heavy (non-hydrogen) atoms. The molecule has 1 aliphatic carbocycles. The van der Waals surface area contributed by atoms with Crippen LogP contribution in [0.4, 0.5) is 0 Å². The lowest BCUT2D eigenvalue weighted by Gasteiger charge is -2.23. The first-order valence-corrected chi connectivity index (χ1v) is 7.63. The van der Waals surface area contributed by atoms with E-state index in [0.29, 0.717) is 6.04 Å². The number of rotatable bonds is 5. The summed E-state index contributed by atoms with van der Waals surface area (Å²) in [4.78, 5) is 0. The predicted molar refractivity (Wildman–Crippen MR) is 79.1 cm³/mol. The van der Waals surface area contributed by atoms with E-state index in [4.69, 9.17) is 11.6 Å². The van der Waals surface area contributed by atoms with Gasteiger partial charge in [0.2, 0.25) is 0 Å². The molecule has 1 nitrogen and oxygen atoms in total. The highest BCUT2D eigenvalue weighted by Crippen LogP contribution is 2.26. The Morgan fingerprint density at radius 2 is 1.94 bits per heavy atom. The fourth-order valence-electron chi connectivity index (χ4n) is 2.92. The van der Waals surface area contributed by atoms with Gasteiger partial charge in [0.05, 0.1) is 0 Å². The smallest absolute Gasteiger partial charge is 0.0453 e. The minimum atomic E-state index is 0.349. The molecular formula is C16H24ClN. The van der Waals surface area contributed by atoms with Gasteiger partial charge in [-0.3, -0.25) is 0 Å². The Balaban J connectivity index is 1.74. The first-order valence-electron chi connectivity index (χ1n) is 7.25. The Morgan fingerprint density at radius 1 is 1.22 bits per heavy atom. The zero-order chi connectivity index (χ0) is 12.8. The lowest BCUT2D eigenvalue weighted by atomic mass is 9.87. The molecule has 1 N–H and O–H groups in total. The molecule has 1 unspecified atom stereocenters. The summed E-state index contributed by atoms with van der Waals surface area (Å²) < 4.78 is 0. The zero-order valence-corrected chi connectivity index (χ0v) is 12.0. The molecule has 2 rings (SSSR count). The van der Waals surface area contributed by atoms with Crippen molar-refractivity contribution in [2.24, 2.45) is 5.92 Å². The molecule has 1 aliphatic rings. The molecule has 0 spiro atoms. The minimum absolute atomic E-state index is 0.349. The molecule has 0 aromatic heterocycles. The normalized spacial score (nSPS) is 18.8. The highest BCUT2D eigenvalue weighted by atomic mass is 35.5. The van der Waals surface area contributed by atoms with Gasteiger partial charge in [0.15, 0.2) is 0 Å². The summed E-state index contributed by atoms with van der Waals surface area (Å²) in [5.74, 6) is 0.949. The lowest BCUT2D eigenvalue weighted by molar-refractivity contribution is 0.329. The Labute approximate surface area is 116 Å². The largest absolute Gasteiger partial charge is 0.310 e. The van der Waals surface area contributed by atoms with Gasteiger partial charge in [-0.25, -0.2) is 0 Å². The van der Waals surface area contributed by atoms with Gasteiger partial charge in [-0.1, -0.05) is 61.9 Å². The fourth-order valence-corrected chi connectivity index (χ4v) is 3.22. The van der Waals surface area contributed by atoms with E-state index in [0.717, 1.165) is 17.5 Å². The summed E-state index contributed by atoms with van der Waals surface area (Å²) in [7, 11) is 0. The summed E-state index contributed by atoms with van der Waals surface area (Å²) in [5, 5.41) is 4.47. The van der Waals surface area contributed by atoms with Gasteiger partial charge in [-0.2, -0.15) is 0 Å². The Bertz CT molecular complexity index is 358. The van der Waals surface area contributed by atoms with E-state index >= 15 is 0 Å². The van der Waals surface area contributed by atoms with E-state index in [1.165, 1.54) is 44.1 Å². The summed E-state index contributed by atoms with van der Waals surface area (Å²) in [6, 6.07) is 8.47. The molecule has 0 aliphatic heterocycles. The van der Waals surface area contributed by atoms with E-state index in [2.05, 4.69) is 24.4 Å². The molecule has 0 heterocycles. The van der Waals surface area contributed by atoms with E-state index in [-0.39, 0.29) is 0 Å². The lowest BCUT2D eigenvalue weighted by Crippen LogP contribution is -2.22. The van der Waals surface area contributed by atoms with Gasteiger partial charge in [0.1, 0.15) is 0 Å². The van der Waals surface area contributed by atoms with Gasteiger partial charge >= 0.3 is 0 Å². The molecule has 0 saturated heterocycles. The van der Waals surface area contributed by atoms with E-state index in [1.54, 1.807) is 0 Å². The van der Waals surface area contributed by atoms with Crippen molar-refractivity contribution < 1.29 is 0 Å². The number of hydrogen-bond donors (Lipinski definition) is 1.